The standard InChI is InChI=1S/C23H21ClF2N2O/c1-13-10-15(14-6-7-14)11-20-21(13)18(9-8-16-12-23(16,25)26)27-22(29)28(20)19-5-3-2-4-17(19)24/h2-5,10-11,14,16H,6-9,12H2,1H3. The zero-order chi connectivity index (χ0) is 20.3. The first-order valence-corrected chi connectivity index (χ1v) is 10.4. The minimum Gasteiger partial charge on any atom is -0.259 e. The second kappa shape index (κ2) is 6.63. The van der Waals surface area contributed by atoms with Crippen molar-refractivity contribution in [2.45, 2.75) is 50.9 Å². The Hall–Kier alpha value is -2.27. The summed E-state index contributed by atoms with van der Waals surface area (Å²) in [7, 11) is 0. The number of hydrogen-bond donors (Lipinski definition) is 0. The maximum Gasteiger partial charge on any atom is 0.352 e. The number of halogens is 3. The molecule has 0 spiro atoms. The lowest BCUT2D eigenvalue weighted by Gasteiger charge is -2.17. The molecule has 0 radical (unpaired) electrons. The first-order valence-electron chi connectivity index (χ1n) is 10.0. The van der Waals surface area contributed by atoms with Gasteiger partial charge >= 0.3 is 5.69 Å². The normalized spacial score (nSPS) is 20.2. The molecule has 3 nitrogen and oxygen atoms in total. The van der Waals surface area contributed by atoms with Crippen LogP contribution in [0.2, 0.25) is 5.02 Å². The average molecular weight is 415 g/mol. The largest absolute Gasteiger partial charge is 0.352 e. The first kappa shape index (κ1) is 18.7. The van der Waals surface area contributed by atoms with E-state index in [0.29, 0.717) is 35.2 Å². The van der Waals surface area contributed by atoms with Crippen LogP contribution < -0.4 is 5.69 Å². The Morgan fingerprint density at radius 2 is 1.97 bits per heavy atom. The van der Waals surface area contributed by atoms with Gasteiger partial charge in [-0.1, -0.05) is 29.8 Å². The fourth-order valence-electron chi connectivity index (χ4n) is 4.26. The number of benzene rings is 2. The third-order valence-electron chi connectivity index (χ3n) is 6.12. The van der Waals surface area contributed by atoms with E-state index in [0.717, 1.165) is 29.3 Å². The van der Waals surface area contributed by atoms with Gasteiger partial charge in [-0.3, -0.25) is 4.57 Å². The number of aromatic nitrogens is 2. The third-order valence-corrected chi connectivity index (χ3v) is 6.44. The fraction of sp³-hybridized carbons (Fsp3) is 0.391. The zero-order valence-electron chi connectivity index (χ0n) is 16.1. The van der Waals surface area contributed by atoms with Crippen LogP contribution in [0.25, 0.3) is 16.6 Å². The van der Waals surface area contributed by atoms with E-state index in [9.17, 15) is 13.6 Å². The summed E-state index contributed by atoms with van der Waals surface area (Å²) in [6.07, 6.45) is 2.95. The number of rotatable bonds is 5. The second-order valence-corrected chi connectivity index (χ2v) is 8.74. The van der Waals surface area contributed by atoms with Crippen molar-refractivity contribution in [1.29, 1.82) is 0 Å². The lowest BCUT2D eigenvalue weighted by molar-refractivity contribution is 0.0971. The molecule has 0 N–H and O–H groups in total. The molecule has 1 unspecified atom stereocenters. The Morgan fingerprint density at radius 1 is 1.24 bits per heavy atom. The molecule has 3 aromatic rings. The molecule has 0 bridgehead atoms. The summed E-state index contributed by atoms with van der Waals surface area (Å²) in [6.45, 7) is 2.01. The van der Waals surface area contributed by atoms with Gasteiger partial charge in [-0.05, 0) is 67.9 Å². The Kier molecular flexibility index (Phi) is 4.28. The monoisotopic (exact) mass is 414 g/mol. The molecule has 0 saturated heterocycles. The van der Waals surface area contributed by atoms with Crippen LogP contribution in [0.3, 0.4) is 0 Å². The lowest BCUT2D eigenvalue weighted by Crippen LogP contribution is -2.24. The van der Waals surface area contributed by atoms with Crippen molar-refractivity contribution in [3.05, 3.63) is 68.7 Å². The predicted octanol–water partition coefficient (Wildman–Crippen LogP) is 5.81. The molecule has 5 rings (SSSR count). The number of hydrogen-bond acceptors (Lipinski definition) is 2. The van der Waals surface area contributed by atoms with Crippen LogP contribution in [0.4, 0.5) is 8.78 Å². The molecule has 1 heterocycles. The molecule has 0 aliphatic heterocycles. The SMILES string of the molecule is Cc1cc(C2CC2)cc2c1c(CCC1CC1(F)F)nc(=O)n2-c1ccccc1Cl. The highest BCUT2D eigenvalue weighted by Crippen LogP contribution is 2.51. The Bertz CT molecular complexity index is 1180. The summed E-state index contributed by atoms with van der Waals surface area (Å²) in [5.41, 5.74) is 3.77. The third kappa shape index (κ3) is 3.35. The van der Waals surface area contributed by atoms with E-state index in [-0.39, 0.29) is 6.42 Å². The maximum atomic E-state index is 13.3. The Labute approximate surface area is 172 Å². The summed E-state index contributed by atoms with van der Waals surface area (Å²) in [5, 5.41) is 1.34. The van der Waals surface area contributed by atoms with Crippen molar-refractivity contribution in [1.82, 2.24) is 9.55 Å². The van der Waals surface area contributed by atoms with E-state index in [1.165, 1.54) is 5.56 Å². The minimum absolute atomic E-state index is 0.0631. The summed E-state index contributed by atoms with van der Waals surface area (Å²) in [4.78, 5) is 17.4. The van der Waals surface area contributed by atoms with Gasteiger partial charge in [0.2, 0.25) is 0 Å². The summed E-state index contributed by atoms with van der Waals surface area (Å²) in [5.74, 6) is -2.64. The van der Waals surface area contributed by atoms with E-state index in [1.807, 2.05) is 19.1 Å². The highest BCUT2D eigenvalue weighted by molar-refractivity contribution is 6.32. The van der Waals surface area contributed by atoms with Crippen LogP contribution in [0, 0.1) is 12.8 Å². The summed E-state index contributed by atoms with van der Waals surface area (Å²) < 4.78 is 28.3. The van der Waals surface area contributed by atoms with Crippen LogP contribution in [-0.2, 0) is 6.42 Å². The maximum absolute atomic E-state index is 13.3. The van der Waals surface area contributed by atoms with Gasteiger partial charge in [0.05, 0.1) is 21.9 Å². The molecule has 150 valence electrons. The van der Waals surface area contributed by atoms with Gasteiger partial charge in [-0.15, -0.1) is 0 Å². The molecule has 2 aliphatic rings. The highest BCUT2D eigenvalue weighted by atomic mass is 35.5. The van der Waals surface area contributed by atoms with E-state index >= 15 is 0 Å². The molecule has 2 aliphatic carbocycles. The van der Waals surface area contributed by atoms with E-state index in [2.05, 4.69) is 17.1 Å². The van der Waals surface area contributed by atoms with Crippen molar-refractivity contribution in [3.63, 3.8) is 0 Å². The van der Waals surface area contributed by atoms with Gasteiger partial charge in [0.15, 0.2) is 0 Å². The quantitative estimate of drug-likeness (QED) is 0.527. The number of nitrogens with zero attached hydrogens (tertiary/aromatic N) is 2. The van der Waals surface area contributed by atoms with Crippen LogP contribution in [-0.4, -0.2) is 15.5 Å². The summed E-state index contributed by atoms with van der Waals surface area (Å²) in [6, 6.07) is 11.4. The van der Waals surface area contributed by atoms with Gasteiger partial charge in [0, 0.05) is 17.7 Å². The van der Waals surface area contributed by atoms with Crippen molar-refractivity contribution < 1.29 is 8.78 Å². The van der Waals surface area contributed by atoms with Crippen molar-refractivity contribution >= 4 is 22.5 Å². The highest BCUT2D eigenvalue weighted by Gasteiger charge is 2.55. The molecule has 2 aromatic carbocycles. The molecule has 2 fully saturated rings. The Balaban J connectivity index is 1.70. The predicted molar refractivity (Wildman–Crippen MR) is 110 cm³/mol. The van der Waals surface area contributed by atoms with Gasteiger partial charge in [0.25, 0.3) is 5.92 Å². The van der Waals surface area contributed by atoms with E-state index < -0.39 is 17.5 Å². The molecule has 1 atom stereocenters. The molecule has 6 heteroatoms. The fourth-order valence-corrected chi connectivity index (χ4v) is 4.49. The number of alkyl halides is 2. The molecule has 1 aromatic heterocycles. The van der Waals surface area contributed by atoms with E-state index in [4.69, 9.17) is 11.6 Å². The van der Waals surface area contributed by atoms with Gasteiger partial charge in [-0.2, -0.15) is 4.98 Å². The number of aryl methyl sites for hydroxylation is 2. The van der Waals surface area contributed by atoms with Gasteiger partial charge in [-0.25, -0.2) is 13.6 Å². The van der Waals surface area contributed by atoms with Crippen molar-refractivity contribution in [3.8, 4) is 5.69 Å². The van der Waals surface area contributed by atoms with E-state index in [1.54, 1.807) is 16.7 Å². The Morgan fingerprint density at radius 3 is 2.62 bits per heavy atom. The molecule has 0 amide bonds. The van der Waals surface area contributed by atoms with Gasteiger partial charge < -0.3 is 0 Å². The number of para-hydroxylation sites is 1. The zero-order valence-corrected chi connectivity index (χ0v) is 16.8. The van der Waals surface area contributed by atoms with Crippen molar-refractivity contribution in [2.24, 2.45) is 5.92 Å². The van der Waals surface area contributed by atoms with Crippen LogP contribution in [0.1, 0.15) is 48.4 Å². The molecule has 2 saturated carbocycles. The summed E-state index contributed by atoms with van der Waals surface area (Å²) >= 11 is 6.40. The average Bonchev–Trinajstić information content (AvgIpc) is 3.58. The topological polar surface area (TPSA) is 34.9 Å². The van der Waals surface area contributed by atoms with Crippen LogP contribution >= 0.6 is 11.6 Å². The second-order valence-electron chi connectivity index (χ2n) is 8.33. The lowest BCUT2D eigenvalue weighted by atomic mass is 9.99. The smallest absolute Gasteiger partial charge is 0.259 e. The minimum atomic E-state index is -2.56. The van der Waals surface area contributed by atoms with Gasteiger partial charge in [0.1, 0.15) is 0 Å². The first-order chi connectivity index (χ1) is 13.8. The van der Waals surface area contributed by atoms with Crippen molar-refractivity contribution in [2.75, 3.05) is 0 Å². The molecular weight excluding hydrogens is 394 g/mol. The molecule has 29 heavy (non-hydrogen) atoms. The van der Waals surface area contributed by atoms with Crippen LogP contribution in [0.5, 0.6) is 0 Å². The van der Waals surface area contributed by atoms with Crippen LogP contribution in [0.15, 0.2) is 41.2 Å². The number of fused-ring (bicyclic) bond motifs is 1. The molecular formula is C23H21ClF2N2O.